The number of rotatable bonds is 5. The van der Waals surface area contributed by atoms with Crippen molar-refractivity contribution in [1.82, 2.24) is 10.2 Å². The van der Waals surface area contributed by atoms with Crippen LogP contribution in [0.15, 0.2) is 24.3 Å². The van der Waals surface area contributed by atoms with Crippen molar-refractivity contribution in [1.29, 1.82) is 0 Å². The van der Waals surface area contributed by atoms with Crippen LogP contribution in [-0.4, -0.2) is 43.7 Å². The highest BCUT2D eigenvalue weighted by Crippen LogP contribution is 2.12. The fourth-order valence-electron chi connectivity index (χ4n) is 2.40. The molecule has 0 bridgehead atoms. The predicted molar refractivity (Wildman–Crippen MR) is 74.7 cm³/mol. The van der Waals surface area contributed by atoms with Crippen LogP contribution in [0, 0.1) is 5.82 Å². The summed E-state index contributed by atoms with van der Waals surface area (Å²) in [6, 6.07) is 6.48. The van der Waals surface area contributed by atoms with Crippen molar-refractivity contribution >= 4 is 5.91 Å². The Morgan fingerprint density at radius 2 is 2.10 bits per heavy atom. The van der Waals surface area contributed by atoms with Crippen molar-refractivity contribution in [2.45, 2.75) is 25.5 Å². The lowest BCUT2D eigenvalue weighted by Crippen LogP contribution is -2.42. The van der Waals surface area contributed by atoms with E-state index >= 15 is 0 Å². The van der Waals surface area contributed by atoms with Crippen LogP contribution in [0.1, 0.15) is 18.4 Å². The standard InChI is InChI=1S/C15H21FN2O2/c1-20-13-6-8-18(9-7-13)11-15(19)17-10-12-4-2-3-5-14(12)16/h2-5,13H,6-11H2,1H3,(H,17,19). The van der Waals surface area contributed by atoms with E-state index in [4.69, 9.17) is 4.74 Å². The van der Waals surface area contributed by atoms with Crippen LogP contribution in [0.4, 0.5) is 4.39 Å². The van der Waals surface area contributed by atoms with Crippen molar-refractivity contribution < 1.29 is 13.9 Å². The Labute approximate surface area is 118 Å². The quantitative estimate of drug-likeness (QED) is 0.890. The van der Waals surface area contributed by atoms with E-state index in [1.54, 1.807) is 25.3 Å². The van der Waals surface area contributed by atoms with Gasteiger partial charge in [0.15, 0.2) is 0 Å². The summed E-state index contributed by atoms with van der Waals surface area (Å²) in [5, 5.41) is 2.76. The molecule has 1 amide bonds. The van der Waals surface area contributed by atoms with Gasteiger partial charge in [0.1, 0.15) is 5.82 Å². The zero-order valence-electron chi connectivity index (χ0n) is 11.8. The number of amides is 1. The molecule has 1 aromatic carbocycles. The number of hydrogen-bond acceptors (Lipinski definition) is 3. The number of benzene rings is 1. The SMILES string of the molecule is COC1CCN(CC(=O)NCc2ccccc2F)CC1. The first-order valence-electron chi connectivity index (χ1n) is 6.94. The minimum atomic E-state index is -0.284. The van der Waals surface area contributed by atoms with Crippen molar-refractivity contribution in [3.05, 3.63) is 35.6 Å². The first-order chi connectivity index (χ1) is 9.69. The molecule has 1 heterocycles. The highest BCUT2D eigenvalue weighted by Gasteiger charge is 2.20. The highest BCUT2D eigenvalue weighted by atomic mass is 19.1. The summed E-state index contributed by atoms with van der Waals surface area (Å²) < 4.78 is 18.7. The van der Waals surface area contributed by atoms with E-state index in [9.17, 15) is 9.18 Å². The van der Waals surface area contributed by atoms with Crippen LogP contribution >= 0.6 is 0 Å². The van der Waals surface area contributed by atoms with E-state index in [2.05, 4.69) is 10.2 Å². The molecule has 0 aromatic heterocycles. The van der Waals surface area contributed by atoms with E-state index < -0.39 is 0 Å². The first kappa shape index (κ1) is 14.9. The summed E-state index contributed by atoms with van der Waals surface area (Å²) in [5.74, 6) is -0.349. The molecule has 110 valence electrons. The zero-order valence-corrected chi connectivity index (χ0v) is 11.8. The van der Waals surface area contributed by atoms with Crippen molar-refractivity contribution in [3.8, 4) is 0 Å². The molecule has 1 aliphatic rings. The Bertz CT molecular complexity index is 445. The van der Waals surface area contributed by atoms with Gasteiger partial charge in [-0.25, -0.2) is 4.39 Å². The normalized spacial score (nSPS) is 17.1. The third-order valence-electron chi connectivity index (χ3n) is 3.67. The number of halogens is 1. The lowest BCUT2D eigenvalue weighted by molar-refractivity contribution is -0.123. The number of hydrogen-bond donors (Lipinski definition) is 1. The molecule has 1 aromatic rings. The minimum Gasteiger partial charge on any atom is -0.381 e. The van der Waals surface area contributed by atoms with Crippen molar-refractivity contribution in [3.63, 3.8) is 0 Å². The molecular weight excluding hydrogens is 259 g/mol. The fraction of sp³-hybridized carbons (Fsp3) is 0.533. The minimum absolute atomic E-state index is 0.0656. The van der Waals surface area contributed by atoms with Crippen LogP contribution in [0.25, 0.3) is 0 Å². The Hall–Kier alpha value is -1.46. The second-order valence-electron chi connectivity index (χ2n) is 5.08. The Morgan fingerprint density at radius 1 is 1.40 bits per heavy atom. The molecule has 0 unspecified atom stereocenters. The fourth-order valence-corrected chi connectivity index (χ4v) is 2.40. The maximum absolute atomic E-state index is 13.4. The van der Waals surface area contributed by atoms with Gasteiger partial charge in [-0.1, -0.05) is 18.2 Å². The van der Waals surface area contributed by atoms with E-state index in [1.807, 2.05) is 0 Å². The van der Waals surface area contributed by atoms with Crippen LogP contribution in [0.5, 0.6) is 0 Å². The lowest BCUT2D eigenvalue weighted by atomic mass is 10.1. The van der Waals surface area contributed by atoms with Crippen LogP contribution in [0.3, 0.4) is 0 Å². The molecule has 0 radical (unpaired) electrons. The average Bonchev–Trinajstić information content (AvgIpc) is 2.47. The monoisotopic (exact) mass is 280 g/mol. The van der Waals surface area contributed by atoms with Gasteiger partial charge in [0.05, 0.1) is 12.6 Å². The number of methoxy groups -OCH3 is 1. The van der Waals surface area contributed by atoms with Crippen molar-refractivity contribution in [2.75, 3.05) is 26.7 Å². The van der Waals surface area contributed by atoms with Gasteiger partial charge in [0.25, 0.3) is 0 Å². The van der Waals surface area contributed by atoms with E-state index in [0.29, 0.717) is 18.2 Å². The smallest absolute Gasteiger partial charge is 0.234 e. The largest absolute Gasteiger partial charge is 0.381 e. The van der Waals surface area contributed by atoms with Gasteiger partial charge in [0, 0.05) is 32.3 Å². The number of piperidine rings is 1. The first-order valence-corrected chi connectivity index (χ1v) is 6.94. The predicted octanol–water partition coefficient (Wildman–Crippen LogP) is 1.55. The molecule has 2 rings (SSSR count). The van der Waals surface area contributed by atoms with Gasteiger partial charge in [0.2, 0.25) is 5.91 Å². The molecule has 0 aliphatic carbocycles. The molecule has 1 fully saturated rings. The molecule has 0 saturated carbocycles. The Kier molecular flexibility index (Phi) is 5.49. The van der Waals surface area contributed by atoms with Crippen LogP contribution in [-0.2, 0) is 16.1 Å². The van der Waals surface area contributed by atoms with E-state index in [-0.39, 0.29) is 18.3 Å². The van der Waals surface area contributed by atoms with Gasteiger partial charge in [-0.15, -0.1) is 0 Å². The maximum Gasteiger partial charge on any atom is 0.234 e. The third-order valence-corrected chi connectivity index (χ3v) is 3.67. The molecular formula is C15H21FN2O2. The molecule has 0 spiro atoms. The van der Waals surface area contributed by atoms with Gasteiger partial charge in [-0.05, 0) is 18.9 Å². The summed E-state index contributed by atoms with van der Waals surface area (Å²) >= 11 is 0. The molecule has 1 saturated heterocycles. The molecule has 0 atom stereocenters. The Morgan fingerprint density at radius 3 is 2.75 bits per heavy atom. The number of nitrogens with zero attached hydrogens (tertiary/aromatic N) is 1. The van der Waals surface area contributed by atoms with Gasteiger partial charge in [-0.2, -0.15) is 0 Å². The zero-order chi connectivity index (χ0) is 14.4. The van der Waals surface area contributed by atoms with Crippen LogP contribution < -0.4 is 5.32 Å². The number of likely N-dealkylation sites (tertiary alicyclic amines) is 1. The van der Waals surface area contributed by atoms with Gasteiger partial charge < -0.3 is 10.1 Å². The third kappa shape index (κ3) is 4.28. The summed E-state index contributed by atoms with van der Waals surface area (Å²) in [4.78, 5) is 13.9. The summed E-state index contributed by atoms with van der Waals surface area (Å²) in [6.45, 7) is 2.34. The lowest BCUT2D eigenvalue weighted by Gasteiger charge is -2.30. The number of nitrogens with one attached hydrogen (secondary N) is 1. The summed E-state index contributed by atoms with van der Waals surface area (Å²) in [5.41, 5.74) is 0.513. The topological polar surface area (TPSA) is 41.6 Å². The number of ether oxygens (including phenoxy) is 1. The van der Waals surface area contributed by atoms with Gasteiger partial charge in [-0.3, -0.25) is 9.69 Å². The molecule has 1 N–H and O–H groups in total. The summed E-state index contributed by atoms with van der Waals surface area (Å²) in [7, 11) is 1.72. The molecule has 1 aliphatic heterocycles. The Balaban J connectivity index is 1.72. The van der Waals surface area contributed by atoms with E-state index in [1.165, 1.54) is 6.07 Å². The molecule has 4 nitrogen and oxygen atoms in total. The number of carbonyl (C=O) groups excluding carboxylic acids is 1. The van der Waals surface area contributed by atoms with Gasteiger partial charge >= 0.3 is 0 Å². The highest BCUT2D eigenvalue weighted by molar-refractivity contribution is 5.78. The second kappa shape index (κ2) is 7.36. The summed E-state index contributed by atoms with van der Waals surface area (Å²) in [6.07, 6.45) is 2.22. The van der Waals surface area contributed by atoms with E-state index in [0.717, 1.165) is 25.9 Å². The second-order valence-corrected chi connectivity index (χ2v) is 5.08. The van der Waals surface area contributed by atoms with Crippen molar-refractivity contribution in [2.24, 2.45) is 0 Å². The van der Waals surface area contributed by atoms with Crippen LogP contribution in [0.2, 0.25) is 0 Å². The maximum atomic E-state index is 13.4. The number of carbonyl (C=O) groups is 1. The molecule has 20 heavy (non-hydrogen) atoms. The average molecular weight is 280 g/mol. The molecule has 5 heteroatoms.